The molecule has 2 N–H and O–H groups in total. The maximum absolute atomic E-state index is 6.24. The number of halogens is 1. The van der Waals surface area contributed by atoms with Gasteiger partial charge in [-0.1, -0.05) is 17.7 Å². The zero-order valence-electron chi connectivity index (χ0n) is 10.8. The minimum atomic E-state index is -0.119. The van der Waals surface area contributed by atoms with Crippen molar-refractivity contribution in [3.8, 4) is 0 Å². The minimum Gasteiger partial charge on any atom is -0.324 e. The minimum absolute atomic E-state index is 0.119. The summed E-state index contributed by atoms with van der Waals surface area (Å²) < 4.78 is 1.79. The number of nitrogens with zero attached hydrogens (tertiary/aromatic N) is 3. The fourth-order valence-electron chi connectivity index (χ4n) is 2.11. The van der Waals surface area contributed by atoms with Crippen LogP contribution in [0.5, 0.6) is 0 Å². The summed E-state index contributed by atoms with van der Waals surface area (Å²) in [5, 5.41) is 5.00. The summed E-state index contributed by atoms with van der Waals surface area (Å²) in [4.78, 5) is 4.26. The van der Waals surface area contributed by atoms with Crippen molar-refractivity contribution in [2.75, 3.05) is 0 Å². The molecule has 0 amide bonds. The molecule has 18 heavy (non-hydrogen) atoms. The Labute approximate surface area is 112 Å². The van der Waals surface area contributed by atoms with Crippen LogP contribution in [0, 0.1) is 13.8 Å². The quantitative estimate of drug-likeness (QED) is 0.926. The Morgan fingerprint density at radius 2 is 2.11 bits per heavy atom. The predicted octanol–water partition coefficient (Wildman–Crippen LogP) is 2.33. The first kappa shape index (κ1) is 13.1. The second kappa shape index (κ2) is 5.08. The summed E-state index contributed by atoms with van der Waals surface area (Å²) in [7, 11) is 1.89. The molecule has 2 rings (SSSR count). The molecule has 0 saturated heterocycles. The first-order valence-corrected chi connectivity index (χ1v) is 6.23. The van der Waals surface area contributed by atoms with Gasteiger partial charge >= 0.3 is 0 Å². The van der Waals surface area contributed by atoms with Crippen molar-refractivity contribution >= 4 is 11.6 Å². The van der Waals surface area contributed by atoms with Crippen LogP contribution in [0.3, 0.4) is 0 Å². The highest BCUT2D eigenvalue weighted by Gasteiger charge is 2.17. The predicted molar refractivity (Wildman–Crippen MR) is 72.6 cm³/mol. The first-order valence-electron chi connectivity index (χ1n) is 5.85. The van der Waals surface area contributed by atoms with Crippen LogP contribution in [0.15, 0.2) is 18.3 Å². The van der Waals surface area contributed by atoms with Gasteiger partial charge in [0.1, 0.15) is 0 Å². The number of aromatic nitrogens is 3. The smallest absolute Gasteiger partial charge is 0.0847 e. The molecule has 0 fully saturated rings. The molecular weight excluding hydrogens is 248 g/mol. The zero-order valence-corrected chi connectivity index (χ0v) is 11.6. The molecule has 1 atom stereocenters. The average Bonchev–Trinajstić information content (AvgIpc) is 2.56. The van der Waals surface area contributed by atoms with E-state index in [4.69, 9.17) is 17.3 Å². The highest BCUT2D eigenvalue weighted by atomic mass is 35.5. The Balaban J connectivity index is 2.27. The van der Waals surface area contributed by atoms with E-state index in [1.165, 1.54) is 0 Å². The molecule has 2 aromatic heterocycles. The van der Waals surface area contributed by atoms with Gasteiger partial charge in [-0.05, 0) is 25.5 Å². The van der Waals surface area contributed by atoms with Gasteiger partial charge in [-0.3, -0.25) is 9.67 Å². The van der Waals surface area contributed by atoms with E-state index in [-0.39, 0.29) is 6.04 Å². The first-order chi connectivity index (χ1) is 8.50. The molecule has 2 heterocycles. The van der Waals surface area contributed by atoms with Crippen LogP contribution >= 0.6 is 11.6 Å². The van der Waals surface area contributed by atoms with E-state index in [0.717, 1.165) is 22.6 Å². The van der Waals surface area contributed by atoms with Crippen LogP contribution in [0.2, 0.25) is 5.02 Å². The molecule has 0 saturated carbocycles. The maximum Gasteiger partial charge on any atom is 0.0847 e. The molecule has 0 aliphatic carbocycles. The molecule has 96 valence electrons. The number of hydrogen-bond acceptors (Lipinski definition) is 3. The Hall–Kier alpha value is -1.39. The normalized spacial score (nSPS) is 12.7. The lowest BCUT2D eigenvalue weighted by Gasteiger charge is -2.14. The number of pyridine rings is 1. The molecule has 5 heteroatoms. The SMILES string of the molecule is Cc1ncccc1C(N)Cc1c(Cl)c(C)nn1C. The number of rotatable bonds is 3. The summed E-state index contributed by atoms with van der Waals surface area (Å²) in [6.07, 6.45) is 2.43. The van der Waals surface area contributed by atoms with Crippen molar-refractivity contribution in [3.63, 3.8) is 0 Å². The van der Waals surface area contributed by atoms with Crippen molar-refractivity contribution in [3.05, 3.63) is 46.0 Å². The van der Waals surface area contributed by atoms with Crippen LogP contribution in [0.25, 0.3) is 0 Å². The average molecular weight is 265 g/mol. The van der Waals surface area contributed by atoms with Crippen LogP contribution in [0.1, 0.15) is 28.7 Å². The molecule has 0 radical (unpaired) electrons. The van der Waals surface area contributed by atoms with E-state index in [1.54, 1.807) is 10.9 Å². The number of nitrogens with two attached hydrogens (primary N) is 1. The lowest BCUT2D eigenvalue weighted by Crippen LogP contribution is -2.17. The van der Waals surface area contributed by atoms with E-state index >= 15 is 0 Å². The van der Waals surface area contributed by atoms with Gasteiger partial charge in [0.25, 0.3) is 0 Å². The summed E-state index contributed by atoms with van der Waals surface area (Å²) in [5.74, 6) is 0. The highest BCUT2D eigenvalue weighted by molar-refractivity contribution is 6.31. The van der Waals surface area contributed by atoms with Gasteiger partial charge < -0.3 is 5.73 Å². The third kappa shape index (κ3) is 2.40. The standard InChI is InChI=1S/C13H17ClN4/c1-8-10(5-4-6-16-8)11(15)7-12-13(14)9(2)17-18(12)3/h4-6,11H,7,15H2,1-3H3. The van der Waals surface area contributed by atoms with E-state index < -0.39 is 0 Å². The van der Waals surface area contributed by atoms with E-state index in [2.05, 4.69) is 10.1 Å². The Bertz CT molecular complexity index is 562. The van der Waals surface area contributed by atoms with Gasteiger partial charge in [-0.15, -0.1) is 0 Å². The number of hydrogen-bond donors (Lipinski definition) is 1. The zero-order chi connectivity index (χ0) is 13.3. The second-order valence-electron chi connectivity index (χ2n) is 4.46. The molecule has 0 aliphatic heterocycles. The van der Waals surface area contributed by atoms with Crippen molar-refractivity contribution in [2.45, 2.75) is 26.3 Å². The van der Waals surface area contributed by atoms with Crippen LogP contribution in [0.4, 0.5) is 0 Å². The number of aryl methyl sites for hydroxylation is 3. The van der Waals surface area contributed by atoms with Crippen LogP contribution in [-0.4, -0.2) is 14.8 Å². The molecule has 4 nitrogen and oxygen atoms in total. The molecule has 0 bridgehead atoms. The molecule has 0 aromatic carbocycles. The fraction of sp³-hybridized carbons (Fsp3) is 0.385. The summed E-state index contributed by atoms with van der Waals surface area (Å²) in [6.45, 7) is 3.86. The Kier molecular flexibility index (Phi) is 3.68. The molecule has 0 spiro atoms. The van der Waals surface area contributed by atoms with Crippen molar-refractivity contribution in [1.29, 1.82) is 0 Å². The molecule has 1 unspecified atom stereocenters. The van der Waals surface area contributed by atoms with Gasteiger partial charge in [0, 0.05) is 31.4 Å². The maximum atomic E-state index is 6.24. The molecule has 0 aliphatic rings. The topological polar surface area (TPSA) is 56.7 Å². The third-order valence-corrected chi connectivity index (χ3v) is 3.61. The second-order valence-corrected chi connectivity index (χ2v) is 4.84. The van der Waals surface area contributed by atoms with E-state index in [1.807, 2.05) is 33.0 Å². The van der Waals surface area contributed by atoms with Crippen molar-refractivity contribution in [2.24, 2.45) is 12.8 Å². The van der Waals surface area contributed by atoms with Gasteiger partial charge in [-0.2, -0.15) is 5.10 Å². The van der Waals surface area contributed by atoms with Gasteiger partial charge in [0.05, 0.1) is 16.4 Å². The van der Waals surface area contributed by atoms with Crippen LogP contribution < -0.4 is 5.73 Å². The van der Waals surface area contributed by atoms with E-state index in [9.17, 15) is 0 Å². The van der Waals surface area contributed by atoms with Gasteiger partial charge in [0.15, 0.2) is 0 Å². The fourth-order valence-corrected chi connectivity index (χ4v) is 2.35. The van der Waals surface area contributed by atoms with Crippen molar-refractivity contribution < 1.29 is 0 Å². The lowest BCUT2D eigenvalue weighted by atomic mass is 10.0. The summed E-state index contributed by atoms with van der Waals surface area (Å²) >= 11 is 6.23. The third-order valence-electron chi connectivity index (χ3n) is 3.12. The van der Waals surface area contributed by atoms with E-state index in [0.29, 0.717) is 11.4 Å². The van der Waals surface area contributed by atoms with Gasteiger partial charge in [0.2, 0.25) is 0 Å². The highest BCUT2D eigenvalue weighted by Crippen LogP contribution is 2.25. The van der Waals surface area contributed by atoms with Gasteiger partial charge in [-0.25, -0.2) is 0 Å². The Morgan fingerprint density at radius 3 is 2.67 bits per heavy atom. The lowest BCUT2D eigenvalue weighted by molar-refractivity contribution is 0.635. The largest absolute Gasteiger partial charge is 0.324 e. The summed E-state index contributed by atoms with van der Waals surface area (Å²) in [5.41, 5.74) is 10.0. The van der Waals surface area contributed by atoms with Crippen molar-refractivity contribution in [1.82, 2.24) is 14.8 Å². The Morgan fingerprint density at radius 1 is 1.39 bits per heavy atom. The molecule has 2 aromatic rings. The monoisotopic (exact) mass is 264 g/mol. The summed E-state index contributed by atoms with van der Waals surface area (Å²) in [6, 6.07) is 3.79. The molecular formula is C13H17ClN4. The van der Waals surface area contributed by atoms with Crippen LogP contribution in [-0.2, 0) is 13.5 Å².